The van der Waals surface area contributed by atoms with Crippen molar-refractivity contribution >= 4 is 46.0 Å². The molecular weight excluding hydrogens is 274 g/mol. The number of carbonyl (C=O) groups excluding carboxylic acids is 2. The van der Waals surface area contributed by atoms with Gasteiger partial charge < -0.3 is 4.74 Å². The van der Waals surface area contributed by atoms with Crippen LogP contribution in [0.2, 0.25) is 0 Å². The lowest BCUT2D eigenvalue weighted by atomic mass is 10.1. The van der Waals surface area contributed by atoms with Crippen LogP contribution < -0.4 is 0 Å². The largest absolute Gasteiger partial charge is 0.446 e. The van der Waals surface area contributed by atoms with E-state index < -0.39 is 22.2 Å². The second-order valence-electron chi connectivity index (χ2n) is 2.83. The Bertz CT molecular complexity index is 378. The van der Waals surface area contributed by atoms with Gasteiger partial charge in [-0.05, 0) is 11.6 Å². The number of esters is 1. The first kappa shape index (κ1) is 13.3. The first-order chi connectivity index (χ1) is 7.52. The molecule has 0 aliphatic rings. The molecule has 3 nitrogen and oxygen atoms in total. The van der Waals surface area contributed by atoms with E-state index in [0.717, 1.165) is 0 Å². The second-order valence-corrected chi connectivity index (χ2v) is 4.30. The molecule has 0 N–H and O–H groups in total. The molecule has 1 atom stereocenters. The number of hydrogen-bond acceptors (Lipinski definition) is 3. The van der Waals surface area contributed by atoms with Gasteiger partial charge in [0.05, 0.1) is 0 Å². The summed E-state index contributed by atoms with van der Waals surface area (Å²) in [5.74, 6) is -0.911. The van der Waals surface area contributed by atoms with E-state index in [0.29, 0.717) is 5.56 Å². The molecule has 6 heteroatoms. The SMILES string of the molecule is O=C(O[C@@H](C(=O)Cl)c1ccccc1)C(Cl)Cl. The van der Waals surface area contributed by atoms with Crippen LogP contribution in [-0.4, -0.2) is 16.0 Å². The summed E-state index contributed by atoms with van der Waals surface area (Å²) in [6.07, 6.45) is -1.18. The highest BCUT2D eigenvalue weighted by atomic mass is 35.5. The van der Waals surface area contributed by atoms with Crippen LogP contribution in [0.4, 0.5) is 0 Å². The molecule has 0 fully saturated rings. The molecular formula is C10H7Cl3O3. The second kappa shape index (κ2) is 6.09. The standard InChI is InChI=1S/C10H7Cl3O3/c11-8(12)10(15)16-7(9(13)14)6-4-2-1-3-5-6/h1-5,7-8H/t7-/m1/s1. The summed E-state index contributed by atoms with van der Waals surface area (Å²) in [6.45, 7) is 0. The normalized spacial score (nSPS) is 12.2. The minimum atomic E-state index is -1.35. The third kappa shape index (κ3) is 3.67. The van der Waals surface area contributed by atoms with E-state index in [1.807, 2.05) is 0 Å². The minimum Gasteiger partial charge on any atom is -0.446 e. The number of rotatable bonds is 4. The van der Waals surface area contributed by atoms with E-state index in [2.05, 4.69) is 0 Å². The molecule has 0 aliphatic heterocycles. The zero-order valence-electron chi connectivity index (χ0n) is 7.90. The average molecular weight is 282 g/mol. The van der Waals surface area contributed by atoms with Gasteiger partial charge in [0.1, 0.15) is 0 Å². The molecule has 16 heavy (non-hydrogen) atoms. The van der Waals surface area contributed by atoms with Crippen LogP contribution in [0.1, 0.15) is 11.7 Å². The summed E-state index contributed by atoms with van der Waals surface area (Å²) in [4.78, 5) is 20.9. The fourth-order valence-electron chi connectivity index (χ4n) is 1.04. The van der Waals surface area contributed by atoms with Gasteiger partial charge >= 0.3 is 5.97 Å². The molecule has 0 unspecified atom stereocenters. The Morgan fingerprint density at radius 3 is 2.12 bits per heavy atom. The van der Waals surface area contributed by atoms with Gasteiger partial charge in [-0.3, -0.25) is 4.79 Å². The van der Waals surface area contributed by atoms with Crippen molar-refractivity contribution in [3.8, 4) is 0 Å². The van der Waals surface area contributed by atoms with Gasteiger partial charge in [0.2, 0.25) is 10.9 Å². The summed E-state index contributed by atoms with van der Waals surface area (Å²) >= 11 is 15.9. The molecule has 0 aromatic heterocycles. The highest BCUT2D eigenvalue weighted by Gasteiger charge is 2.25. The number of halogens is 3. The lowest BCUT2D eigenvalue weighted by molar-refractivity contribution is -0.151. The number of hydrogen-bond donors (Lipinski definition) is 0. The van der Waals surface area contributed by atoms with Gasteiger partial charge in [-0.25, -0.2) is 4.79 Å². The Morgan fingerprint density at radius 2 is 1.69 bits per heavy atom. The molecule has 1 aromatic carbocycles. The molecule has 0 heterocycles. The predicted octanol–water partition coefficient (Wildman–Crippen LogP) is 2.84. The highest BCUT2D eigenvalue weighted by molar-refractivity contribution is 6.64. The smallest absolute Gasteiger partial charge is 0.340 e. The maximum atomic E-state index is 11.1. The highest BCUT2D eigenvalue weighted by Crippen LogP contribution is 2.22. The lowest BCUT2D eigenvalue weighted by Gasteiger charge is -2.14. The van der Waals surface area contributed by atoms with Gasteiger partial charge in [-0.1, -0.05) is 53.5 Å². The van der Waals surface area contributed by atoms with Crippen molar-refractivity contribution in [3.05, 3.63) is 35.9 Å². The van der Waals surface area contributed by atoms with Crippen molar-refractivity contribution < 1.29 is 14.3 Å². The monoisotopic (exact) mass is 280 g/mol. The van der Waals surface area contributed by atoms with Crippen LogP contribution >= 0.6 is 34.8 Å². The van der Waals surface area contributed by atoms with E-state index in [4.69, 9.17) is 39.5 Å². The molecule has 0 radical (unpaired) electrons. The van der Waals surface area contributed by atoms with E-state index >= 15 is 0 Å². The van der Waals surface area contributed by atoms with Crippen LogP contribution in [0.15, 0.2) is 30.3 Å². The van der Waals surface area contributed by atoms with Crippen LogP contribution in [0.25, 0.3) is 0 Å². The molecule has 0 aliphatic carbocycles. The quantitative estimate of drug-likeness (QED) is 0.484. The Labute approximate surface area is 107 Å². The zero-order chi connectivity index (χ0) is 12.1. The van der Waals surface area contributed by atoms with Gasteiger partial charge in [0, 0.05) is 5.56 Å². The molecule has 1 rings (SSSR count). The summed E-state index contributed by atoms with van der Waals surface area (Å²) in [7, 11) is 0. The first-order valence-electron chi connectivity index (χ1n) is 4.25. The van der Waals surface area contributed by atoms with Crippen molar-refractivity contribution in [2.45, 2.75) is 10.9 Å². The summed E-state index contributed by atoms with van der Waals surface area (Å²) in [5, 5.41) is -0.812. The van der Waals surface area contributed by atoms with E-state index in [9.17, 15) is 9.59 Å². The summed E-state index contributed by atoms with van der Waals surface area (Å²) < 4.78 is 4.78. The van der Waals surface area contributed by atoms with Crippen LogP contribution in [0, 0.1) is 0 Å². The van der Waals surface area contributed by atoms with E-state index in [1.165, 1.54) is 0 Å². The Kier molecular flexibility index (Phi) is 5.06. The van der Waals surface area contributed by atoms with Crippen molar-refractivity contribution in [1.29, 1.82) is 0 Å². The van der Waals surface area contributed by atoms with Crippen molar-refractivity contribution in [3.63, 3.8) is 0 Å². The fourth-order valence-corrected chi connectivity index (χ4v) is 1.31. The van der Waals surface area contributed by atoms with E-state index in [-0.39, 0.29) is 0 Å². The molecule has 0 saturated carbocycles. The van der Waals surface area contributed by atoms with Crippen LogP contribution in [0.5, 0.6) is 0 Å². The Morgan fingerprint density at radius 1 is 1.12 bits per heavy atom. The molecule has 0 amide bonds. The number of alkyl halides is 2. The van der Waals surface area contributed by atoms with Crippen molar-refractivity contribution in [2.75, 3.05) is 0 Å². The van der Waals surface area contributed by atoms with E-state index in [1.54, 1.807) is 30.3 Å². The number of carbonyl (C=O) groups is 2. The molecule has 0 bridgehead atoms. The summed E-state index contributed by atoms with van der Waals surface area (Å²) in [6, 6.07) is 8.35. The first-order valence-corrected chi connectivity index (χ1v) is 5.50. The van der Waals surface area contributed by atoms with Gasteiger partial charge in [0.25, 0.3) is 5.24 Å². The fraction of sp³-hybridized carbons (Fsp3) is 0.200. The topological polar surface area (TPSA) is 43.4 Å². The molecule has 0 spiro atoms. The maximum absolute atomic E-state index is 11.1. The Hall–Kier alpha value is -0.770. The van der Waals surface area contributed by atoms with Crippen molar-refractivity contribution in [2.24, 2.45) is 0 Å². The third-order valence-electron chi connectivity index (χ3n) is 1.72. The number of benzene rings is 1. The van der Waals surface area contributed by atoms with Crippen LogP contribution in [-0.2, 0) is 14.3 Å². The molecule has 1 aromatic rings. The van der Waals surface area contributed by atoms with Gasteiger partial charge in [0.15, 0.2) is 0 Å². The predicted molar refractivity (Wildman–Crippen MR) is 61.6 cm³/mol. The third-order valence-corrected chi connectivity index (χ3v) is 2.28. The van der Waals surface area contributed by atoms with Crippen LogP contribution in [0.3, 0.4) is 0 Å². The molecule has 0 saturated heterocycles. The lowest BCUT2D eigenvalue weighted by Crippen LogP contribution is -2.20. The maximum Gasteiger partial charge on any atom is 0.340 e. The number of ether oxygens (including phenoxy) is 1. The molecule has 86 valence electrons. The Balaban J connectivity index is 2.85. The van der Waals surface area contributed by atoms with Crippen molar-refractivity contribution in [1.82, 2.24) is 0 Å². The minimum absolute atomic E-state index is 0.463. The average Bonchev–Trinajstić information content (AvgIpc) is 2.26. The zero-order valence-corrected chi connectivity index (χ0v) is 10.2. The van der Waals surface area contributed by atoms with Gasteiger partial charge in [-0.2, -0.15) is 0 Å². The van der Waals surface area contributed by atoms with Gasteiger partial charge in [-0.15, -0.1) is 0 Å². The summed E-state index contributed by atoms with van der Waals surface area (Å²) in [5.41, 5.74) is 0.463.